The molecule has 8 nitrogen and oxygen atoms in total. The molecule has 0 spiro atoms. The Morgan fingerprint density at radius 2 is 1.88 bits per heavy atom. The Morgan fingerprint density at radius 1 is 1.16 bits per heavy atom. The summed E-state index contributed by atoms with van der Waals surface area (Å²) in [6.07, 6.45) is -0.949. The number of rotatable bonds is 10. The molecule has 0 fully saturated rings. The average Bonchev–Trinajstić information content (AvgIpc) is 2.59. The highest BCUT2D eigenvalue weighted by molar-refractivity contribution is 5.94. The predicted molar refractivity (Wildman–Crippen MR) is 88.9 cm³/mol. The quantitative estimate of drug-likeness (QED) is 0.380. The fourth-order valence-electron chi connectivity index (χ4n) is 1.85. The number of carbonyl (C=O) groups excluding carboxylic acids is 3. The fraction of sp³-hybridized carbons (Fsp3) is 0.471. The van der Waals surface area contributed by atoms with Crippen LogP contribution >= 0.6 is 0 Å². The van der Waals surface area contributed by atoms with Gasteiger partial charge in [-0.3, -0.25) is 9.59 Å². The van der Waals surface area contributed by atoms with Crippen molar-refractivity contribution in [2.24, 2.45) is 0 Å². The highest BCUT2D eigenvalue weighted by Gasteiger charge is 2.18. The monoisotopic (exact) mass is 353 g/mol. The Bertz CT molecular complexity index is 615. The molecule has 1 amide bonds. The molecule has 1 aromatic carbocycles. The molecule has 0 radical (unpaired) electrons. The van der Waals surface area contributed by atoms with Crippen molar-refractivity contribution >= 4 is 17.7 Å². The van der Waals surface area contributed by atoms with Crippen LogP contribution in [0.25, 0.3) is 0 Å². The number of methoxy groups -OCH3 is 2. The van der Waals surface area contributed by atoms with Gasteiger partial charge in [0.25, 0.3) is 5.91 Å². The maximum absolute atomic E-state index is 11.8. The summed E-state index contributed by atoms with van der Waals surface area (Å²) in [4.78, 5) is 34.8. The number of hydrogen-bond acceptors (Lipinski definition) is 7. The van der Waals surface area contributed by atoms with Gasteiger partial charge in [0.15, 0.2) is 30.0 Å². The number of benzene rings is 1. The van der Waals surface area contributed by atoms with E-state index in [4.69, 9.17) is 18.9 Å². The van der Waals surface area contributed by atoms with Gasteiger partial charge in [0.05, 0.1) is 13.7 Å². The number of esters is 1. The SMILES string of the molecule is COCCNC(=O)[C@H](C)OC(=O)COc1ccc(C(C)=O)cc1OC. The number of hydrogen-bond donors (Lipinski definition) is 1. The van der Waals surface area contributed by atoms with Gasteiger partial charge in [0.1, 0.15) is 0 Å². The van der Waals surface area contributed by atoms with Gasteiger partial charge >= 0.3 is 5.97 Å². The first-order valence-electron chi connectivity index (χ1n) is 7.67. The van der Waals surface area contributed by atoms with E-state index in [1.165, 1.54) is 40.2 Å². The molecule has 0 aliphatic carbocycles. The molecule has 25 heavy (non-hydrogen) atoms. The van der Waals surface area contributed by atoms with Crippen molar-refractivity contribution in [3.05, 3.63) is 23.8 Å². The van der Waals surface area contributed by atoms with E-state index in [9.17, 15) is 14.4 Å². The molecule has 0 unspecified atom stereocenters. The van der Waals surface area contributed by atoms with Crippen LogP contribution in [0.3, 0.4) is 0 Å². The lowest BCUT2D eigenvalue weighted by atomic mass is 10.1. The molecular weight excluding hydrogens is 330 g/mol. The molecule has 0 aliphatic rings. The second kappa shape index (κ2) is 10.3. The van der Waals surface area contributed by atoms with Crippen LogP contribution in [0, 0.1) is 0 Å². The molecule has 1 aromatic rings. The third-order valence-corrected chi connectivity index (χ3v) is 3.20. The van der Waals surface area contributed by atoms with Crippen molar-refractivity contribution in [2.75, 3.05) is 34.0 Å². The molecule has 0 saturated carbocycles. The Morgan fingerprint density at radius 3 is 2.48 bits per heavy atom. The Hall–Kier alpha value is -2.61. The second-order valence-electron chi connectivity index (χ2n) is 5.13. The molecule has 1 rings (SSSR count). The van der Waals surface area contributed by atoms with Crippen molar-refractivity contribution < 1.29 is 33.3 Å². The van der Waals surface area contributed by atoms with Crippen molar-refractivity contribution in [3.8, 4) is 11.5 Å². The lowest BCUT2D eigenvalue weighted by Gasteiger charge is -2.14. The van der Waals surface area contributed by atoms with Crippen LogP contribution in [0.4, 0.5) is 0 Å². The Balaban J connectivity index is 2.53. The summed E-state index contributed by atoms with van der Waals surface area (Å²) in [6, 6.07) is 4.62. The molecule has 0 saturated heterocycles. The van der Waals surface area contributed by atoms with Crippen molar-refractivity contribution in [2.45, 2.75) is 20.0 Å². The molecule has 0 aromatic heterocycles. The highest BCUT2D eigenvalue weighted by atomic mass is 16.6. The van der Waals surface area contributed by atoms with Crippen LogP contribution < -0.4 is 14.8 Å². The van der Waals surface area contributed by atoms with Gasteiger partial charge in [-0.05, 0) is 32.0 Å². The molecule has 1 N–H and O–H groups in total. The third kappa shape index (κ3) is 6.80. The maximum atomic E-state index is 11.8. The van der Waals surface area contributed by atoms with Gasteiger partial charge in [-0.15, -0.1) is 0 Å². The van der Waals surface area contributed by atoms with Crippen molar-refractivity contribution in [1.29, 1.82) is 0 Å². The van der Waals surface area contributed by atoms with Gasteiger partial charge in [0.2, 0.25) is 0 Å². The minimum absolute atomic E-state index is 0.113. The summed E-state index contributed by atoms with van der Waals surface area (Å²) < 4.78 is 20.3. The topological polar surface area (TPSA) is 100 Å². The van der Waals surface area contributed by atoms with Gasteiger partial charge in [0, 0.05) is 19.2 Å². The first-order valence-corrected chi connectivity index (χ1v) is 7.67. The first-order chi connectivity index (χ1) is 11.9. The summed E-state index contributed by atoms with van der Waals surface area (Å²) in [5.41, 5.74) is 0.466. The summed E-state index contributed by atoms with van der Waals surface area (Å²) in [6.45, 7) is 3.19. The van der Waals surface area contributed by atoms with E-state index >= 15 is 0 Å². The van der Waals surface area contributed by atoms with Crippen molar-refractivity contribution in [3.63, 3.8) is 0 Å². The number of nitrogens with one attached hydrogen (secondary N) is 1. The Labute approximate surface area is 146 Å². The molecule has 138 valence electrons. The van der Waals surface area contributed by atoms with E-state index in [0.717, 1.165) is 0 Å². The minimum atomic E-state index is -0.949. The van der Waals surface area contributed by atoms with Gasteiger partial charge in [-0.2, -0.15) is 0 Å². The van der Waals surface area contributed by atoms with Crippen LogP contribution in [0.1, 0.15) is 24.2 Å². The van der Waals surface area contributed by atoms with Crippen LogP contribution in [-0.4, -0.2) is 57.7 Å². The average molecular weight is 353 g/mol. The summed E-state index contributed by atoms with van der Waals surface area (Å²) >= 11 is 0. The van der Waals surface area contributed by atoms with Crippen LogP contribution in [0.15, 0.2) is 18.2 Å². The smallest absolute Gasteiger partial charge is 0.344 e. The van der Waals surface area contributed by atoms with Crippen LogP contribution in [0.5, 0.6) is 11.5 Å². The fourth-order valence-corrected chi connectivity index (χ4v) is 1.85. The van der Waals surface area contributed by atoms with Crippen molar-refractivity contribution in [1.82, 2.24) is 5.32 Å². The molecule has 0 aliphatic heterocycles. The number of ketones is 1. The molecule has 1 atom stereocenters. The maximum Gasteiger partial charge on any atom is 0.344 e. The van der Waals surface area contributed by atoms with Gasteiger partial charge in [-0.1, -0.05) is 0 Å². The third-order valence-electron chi connectivity index (χ3n) is 3.20. The summed E-state index contributed by atoms with van der Waals surface area (Å²) in [5, 5.41) is 2.56. The lowest BCUT2D eigenvalue weighted by Crippen LogP contribution is -2.38. The van der Waals surface area contributed by atoms with E-state index in [2.05, 4.69) is 5.32 Å². The molecule has 0 bridgehead atoms. The summed E-state index contributed by atoms with van der Waals surface area (Å²) in [7, 11) is 2.95. The Kier molecular flexibility index (Phi) is 8.42. The van der Waals surface area contributed by atoms with E-state index < -0.39 is 24.6 Å². The number of Topliss-reactive ketones (excluding diaryl/α,β-unsaturated/α-hetero) is 1. The minimum Gasteiger partial charge on any atom is -0.493 e. The second-order valence-corrected chi connectivity index (χ2v) is 5.13. The van der Waals surface area contributed by atoms with E-state index in [1.54, 1.807) is 6.07 Å². The number of carbonyl (C=O) groups is 3. The normalized spacial score (nSPS) is 11.4. The predicted octanol–water partition coefficient (Wildman–Crippen LogP) is 0.971. The van der Waals surface area contributed by atoms with Gasteiger partial charge < -0.3 is 24.3 Å². The zero-order chi connectivity index (χ0) is 18.8. The zero-order valence-electron chi connectivity index (χ0n) is 14.8. The lowest BCUT2D eigenvalue weighted by molar-refractivity contribution is -0.156. The zero-order valence-corrected chi connectivity index (χ0v) is 14.8. The highest BCUT2D eigenvalue weighted by Crippen LogP contribution is 2.28. The number of amides is 1. The van der Waals surface area contributed by atoms with Crippen LogP contribution in [-0.2, 0) is 19.1 Å². The molecule has 8 heteroatoms. The van der Waals surface area contributed by atoms with E-state index in [0.29, 0.717) is 30.2 Å². The molecular formula is C17H23NO7. The van der Waals surface area contributed by atoms with E-state index in [-0.39, 0.29) is 5.78 Å². The number of ether oxygens (including phenoxy) is 4. The van der Waals surface area contributed by atoms with E-state index in [1.807, 2.05) is 0 Å². The van der Waals surface area contributed by atoms with Crippen LogP contribution in [0.2, 0.25) is 0 Å². The first kappa shape index (κ1) is 20.4. The van der Waals surface area contributed by atoms with Gasteiger partial charge in [-0.25, -0.2) is 4.79 Å². The molecule has 0 heterocycles. The summed E-state index contributed by atoms with van der Waals surface area (Å²) in [5.74, 6) is -0.619. The standard InChI is InChI=1S/C17H23NO7/c1-11(19)13-5-6-14(15(9-13)23-4)24-10-16(20)25-12(2)17(21)18-7-8-22-3/h5-6,9,12H,7-8,10H2,1-4H3,(H,18,21)/t12-/m0/s1. The largest absolute Gasteiger partial charge is 0.493 e.